The van der Waals surface area contributed by atoms with Crippen LogP contribution in [0.25, 0.3) is 0 Å². The van der Waals surface area contributed by atoms with Gasteiger partial charge in [0, 0.05) is 5.56 Å². The summed E-state index contributed by atoms with van der Waals surface area (Å²) in [6.07, 6.45) is 1.75. The van der Waals surface area contributed by atoms with Crippen molar-refractivity contribution < 1.29 is 19.1 Å². The molecular weight excluding hydrogens is 232 g/mol. The van der Waals surface area contributed by atoms with E-state index in [0.29, 0.717) is 11.3 Å². The zero-order valence-electron chi connectivity index (χ0n) is 9.58. The fraction of sp³-hybridized carbons (Fsp3) is 0.214. The van der Waals surface area contributed by atoms with Crippen LogP contribution in [0.2, 0.25) is 0 Å². The molecule has 0 radical (unpaired) electrons. The molecule has 92 valence electrons. The van der Waals surface area contributed by atoms with Crippen molar-refractivity contribution in [2.75, 3.05) is 6.61 Å². The van der Waals surface area contributed by atoms with Crippen LogP contribution in [-0.4, -0.2) is 18.0 Å². The minimum absolute atomic E-state index is 0.0549. The highest BCUT2D eigenvalue weighted by molar-refractivity contribution is 5.76. The Labute approximate surface area is 104 Å². The quantitative estimate of drug-likeness (QED) is 0.841. The predicted molar refractivity (Wildman–Crippen MR) is 63.7 cm³/mol. The number of rotatable bonds is 3. The highest BCUT2D eigenvalue weighted by Crippen LogP contribution is 2.46. The van der Waals surface area contributed by atoms with E-state index < -0.39 is 6.10 Å². The number of carbonyl (C=O) groups is 1. The van der Waals surface area contributed by atoms with Crippen LogP contribution < -0.4 is 4.74 Å². The van der Waals surface area contributed by atoms with Gasteiger partial charge in [0.2, 0.25) is 0 Å². The van der Waals surface area contributed by atoms with Crippen LogP contribution in [-0.2, 0) is 0 Å². The van der Waals surface area contributed by atoms with Gasteiger partial charge in [-0.05, 0) is 12.1 Å². The summed E-state index contributed by atoms with van der Waals surface area (Å²) in [7, 11) is 0. The van der Waals surface area contributed by atoms with E-state index in [1.165, 1.54) is 6.26 Å². The fourth-order valence-corrected chi connectivity index (χ4v) is 2.37. The second-order valence-corrected chi connectivity index (χ2v) is 4.22. The zero-order chi connectivity index (χ0) is 12.5. The molecule has 2 unspecified atom stereocenters. The van der Waals surface area contributed by atoms with Gasteiger partial charge in [-0.25, -0.2) is 0 Å². The van der Waals surface area contributed by atoms with Crippen LogP contribution in [0.4, 0.5) is 0 Å². The Morgan fingerprint density at radius 3 is 2.89 bits per heavy atom. The summed E-state index contributed by atoms with van der Waals surface area (Å²) in [4.78, 5) is 10.9. The van der Waals surface area contributed by atoms with Crippen molar-refractivity contribution >= 4 is 6.29 Å². The first-order valence-corrected chi connectivity index (χ1v) is 5.74. The number of benzene rings is 1. The summed E-state index contributed by atoms with van der Waals surface area (Å²) in [5, 5.41) is 9.54. The molecule has 2 aromatic rings. The number of furan rings is 1. The first-order chi connectivity index (χ1) is 8.85. The van der Waals surface area contributed by atoms with Gasteiger partial charge < -0.3 is 14.3 Å². The van der Waals surface area contributed by atoms with E-state index in [9.17, 15) is 9.90 Å². The van der Waals surface area contributed by atoms with Crippen molar-refractivity contribution in [2.24, 2.45) is 0 Å². The number of aliphatic hydroxyl groups is 1. The molecule has 0 spiro atoms. The molecule has 1 aliphatic heterocycles. The number of para-hydroxylation sites is 1. The van der Waals surface area contributed by atoms with Crippen molar-refractivity contribution in [1.29, 1.82) is 0 Å². The van der Waals surface area contributed by atoms with Gasteiger partial charge >= 0.3 is 0 Å². The van der Waals surface area contributed by atoms with Gasteiger partial charge in [0.1, 0.15) is 5.75 Å². The number of hydrogen-bond acceptors (Lipinski definition) is 4. The first-order valence-electron chi connectivity index (χ1n) is 5.74. The van der Waals surface area contributed by atoms with Crippen LogP contribution in [0.5, 0.6) is 5.75 Å². The molecule has 1 aromatic heterocycles. The van der Waals surface area contributed by atoms with Crippen molar-refractivity contribution in [3.63, 3.8) is 0 Å². The van der Waals surface area contributed by atoms with Gasteiger partial charge in [-0.3, -0.25) is 4.79 Å². The maximum atomic E-state index is 10.9. The summed E-state index contributed by atoms with van der Waals surface area (Å²) >= 11 is 0. The van der Waals surface area contributed by atoms with Gasteiger partial charge in [-0.1, -0.05) is 18.2 Å². The molecule has 3 rings (SSSR count). The van der Waals surface area contributed by atoms with Crippen LogP contribution in [0.3, 0.4) is 0 Å². The van der Waals surface area contributed by atoms with E-state index >= 15 is 0 Å². The molecule has 0 amide bonds. The molecule has 0 bridgehead atoms. The van der Waals surface area contributed by atoms with Crippen LogP contribution in [0, 0.1) is 0 Å². The van der Waals surface area contributed by atoms with Crippen LogP contribution in [0.1, 0.15) is 33.7 Å². The molecule has 0 saturated heterocycles. The normalized spacial score (nSPS) is 21.4. The third-order valence-electron chi connectivity index (χ3n) is 3.25. The molecule has 18 heavy (non-hydrogen) atoms. The van der Waals surface area contributed by atoms with Gasteiger partial charge in [0.25, 0.3) is 0 Å². The lowest BCUT2D eigenvalue weighted by Gasteiger charge is -2.15. The summed E-state index contributed by atoms with van der Waals surface area (Å²) in [6, 6.07) is 9.14. The highest BCUT2D eigenvalue weighted by Gasteiger charge is 2.37. The summed E-state index contributed by atoms with van der Waals surface area (Å²) in [5.74, 6) is 1.00. The Bertz CT molecular complexity index is 573. The Hall–Kier alpha value is -2.07. The number of aldehydes is 1. The highest BCUT2D eigenvalue weighted by atomic mass is 16.5. The van der Waals surface area contributed by atoms with Gasteiger partial charge in [0.05, 0.1) is 24.4 Å². The van der Waals surface area contributed by atoms with E-state index in [4.69, 9.17) is 9.15 Å². The number of hydrogen-bond donors (Lipinski definition) is 1. The number of aliphatic hydroxyl groups excluding tert-OH is 1. The fourth-order valence-electron chi connectivity index (χ4n) is 2.37. The number of fused-ring (bicyclic) bond motifs is 1. The second-order valence-electron chi connectivity index (χ2n) is 4.22. The van der Waals surface area contributed by atoms with Crippen molar-refractivity contribution in [3.05, 3.63) is 53.5 Å². The van der Waals surface area contributed by atoms with Gasteiger partial charge in [-0.15, -0.1) is 0 Å². The smallest absolute Gasteiger partial charge is 0.166 e. The van der Waals surface area contributed by atoms with E-state index in [-0.39, 0.29) is 12.5 Å². The van der Waals surface area contributed by atoms with Gasteiger partial charge in [0.15, 0.2) is 18.2 Å². The maximum Gasteiger partial charge on any atom is 0.166 e. The minimum atomic E-state index is -0.442. The van der Waals surface area contributed by atoms with Crippen LogP contribution >= 0.6 is 0 Å². The molecule has 4 heteroatoms. The molecule has 2 heterocycles. The third kappa shape index (κ3) is 1.54. The van der Waals surface area contributed by atoms with Crippen molar-refractivity contribution in [2.45, 2.75) is 12.0 Å². The molecule has 1 aliphatic rings. The molecule has 1 N–H and O–H groups in total. The molecule has 0 saturated carbocycles. The SMILES string of the molecule is O=Cc1ccoc1C1Oc2ccccc2C1CO. The minimum Gasteiger partial charge on any atom is -0.481 e. The number of ether oxygens (including phenoxy) is 1. The molecule has 0 aliphatic carbocycles. The number of carbonyl (C=O) groups excluding carboxylic acids is 1. The van der Waals surface area contributed by atoms with E-state index in [1.807, 2.05) is 24.3 Å². The van der Waals surface area contributed by atoms with E-state index in [2.05, 4.69) is 0 Å². The van der Waals surface area contributed by atoms with Gasteiger partial charge in [-0.2, -0.15) is 0 Å². The van der Waals surface area contributed by atoms with Crippen LogP contribution in [0.15, 0.2) is 41.0 Å². The van der Waals surface area contributed by atoms with Crippen molar-refractivity contribution in [1.82, 2.24) is 0 Å². The van der Waals surface area contributed by atoms with Crippen molar-refractivity contribution in [3.8, 4) is 5.75 Å². The zero-order valence-corrected chi connectivity index (χ0v) is 9.58. The molecular formula is C14H12O4. The topological polar surface area (TPSA) is 59.7 Å². The third-order valence-corrected chi connectivity index (χ3v) is 3.25. The van der Waals surface area contributed by atoms with E-state index in [0.717, 1.165) is 17.6 Å². The lowest BCUT2D eigenvalue weighted by atomic mass is 9.94. The molecule has 0 fully saturated rings. The monoisotopic (exact) mass is 244 g/mol. The molecule has 2 atom stereocenters. The summed E-state index contributed by atoms with van der Waals surface area (Å²) in [6.45, 7) is -0.0549. The Kier molecular flexibility index (Phi) is 2.64. The standard InChI is InChI=1S/C14H12O4/c15-7-9-5-6-17-13(9)14-11(8-16)10-3-1-2-4-12(10)18-14/h1-7,11,14,16H,8H2. The Balaban J connectivity index is 2.03. The second kappa shape index (κ2) is 4.31. The Morgan fingerprint density at radius 2 is 2.11 bits per heavy atom. The Morgan fingerprint density at radius 1 is 1.28 bits per heavy atom. The first kappa shape index (κ1) is 11.0. The largest absolute Gasteiger partial charge is 0.481 e. The lowest BCUT2D eigenvalue weighted by molar-refractivity contribution is 0.110. The maximum absolute atomic E-state index is 10.9. The lowest BCUT2D eigenvalue weighted by Crippen LogP contribution is -2.14. The molecule has 4 nitrogen and oxygen atoms in total. The average Bonchev–Trinajstić information content (AvgIpc) is 3.01. The predicted octanol–water partition coefficient (Wildman–Crippen LogP) is 2.30. The van der Waals surface area contributed by atoms with E-state index in [1.54, 1.807) is 6.07 Å². The summed E-state index contributed by atoms with van der Waals surface area (Å²) in [5.41, 5.74) is 1.41. The summed E-state index contributed by atoms with van der Waals surface area (Å²) < 4.78 is 11.1. The molecule has 1 aromatic carbocycles. The average molecular weight is 244 g/mol.